The molecule has 0 aromatic heterocycles. The first kappa shape index (κ1) is 13.7. The van der Waals surface area contributed by atoms with Crippen LogP contribution >= 0.6 is 0 Å². The van der Waals surface area contributed by atoms with Crippen LogP contribution in [0, 0.1) is 5.92 Å². The second-order valence-corrected chi connectivity index (χ2v) is 5.04. The van der Waals surface area contributed by atoms with Gasteiger partial charge in [-0.25, -0.2) is 4.39 Å². The molecule has 0 amide bonds. The molecule has 16 heavy (non-hydrogen) atoms. The summed E-state index contributed by atoms with van der Waals surface area (Å²) >= 11 is 0. The Kier molecular flexibility index (Phi) is 3.27. The Morgan fingerprint density at radius 3 is 1.94 bits per heavy atom. The molecule has 1 nitrogen and oxygen atoms in total. The lowest BCUT2D eigenvalue weighted by Crippen LogP contribution is -2.68. The Morgan fingerprint density at radius 2 is 1.56 bits per heavy atom. The van der Waals surface area contributed by atoms with Gasteiger partial charge in [0, 0.05) is 13.1 Å². The molecule has 1 aliphatic rings. The van der Waals surface area contributed by atoms with E-state index in [-0.39, 0.29) is 12.5 Å². The van der Waals surface area contributed by atoms with Gasteiger partial charge in [-0.3, -0.25) is 4.90 Å². The molecule has 96 valence electrons. The van der Waals surface area contributed by atoms with Crippen molar-refractivity contribution < 1.29 is 22.0 Å². The molecule has 0 aliphatic carbocycles. The first-order chi connectivity index (χ1) is 6.99. The van der Waals surface area contributed by atoms with Crippen LogP contribution in [-0.4, -0.2) is 42.0 Å². The SMILES string of the molecule is CC(C)CN1CC(C)(F)C(F)(F)C(F)(F)C1. The number of halogens is 5. The van der Waals surface area contributed by atoms with E-state index in [9.17, 15) is 22.0 Å². The normalized spacial score (nSPS) is 34.3. The van der Waals surface area contributed by atoms with E-state index in [0.29, 0.717) is 6.92 Å². The highest BCUT2D eigenvalue weighted by Crippen LogP contribution is 2.48. The Hall–Kier alpha value is -0.390. The number of alkyl halides is 5. The fraction of sp³-hybridized carbons (Fsp3) is 1.00. The van der Waals surface area contributed by atoms with E-state index in [1.165, 1.54) is 0 Å². The van der Waals surface area contributed by atoms with Gasteiger partial charge in [0.05, 0.1) is 6.54 Å². The first-order valence-corrected chi connectivity index (χ1v) is 5.16. The molecule has 1 saturated heterocycles. The van der Waals surface area contributed by atoms with E-state index in [2.05, 4.69) is 0 Å². The molecule has 0 bridgehead atoms. The molecule has 0 spiro atoms. The predicted molar refractivity (Wildman–Crippen MR) is 50.7 cm³/mol. The Morgan fingerprint density at radius 1 is 1.06 bits per heavy atom. The zero-order valence-electron chi connectivity index (χ0n) is 9.54. The maximum absolute atomic E-state index is 13.6. The van der Waals surface area contributed by atoms with Crippen LogP contribution in [0.15, 0.2) is 0 Å². The smallest absolute Gasteiger partial charge is 0.294 e. The molecule has 1 heterocycles. The molecule has 1 fully saturated rings. The highest BCUT2D eigenvalue weighted by atomic mass is 19.3. The van der Waals surface area contributed by atoms with Crippen molar-refractivity contribution in [3.05, 3.63) is 0 Å². The lowest BCUT2D eigenvalue weighted by Gasteiger charge is -2.45. The minimum atomic E-state index is -4.60. The minimum Gasteiger partial charge on any atom is -0.294 e. The summed E-state index contributed by atoms with van der Waals surface area (Å²) in [7, 11) is 0. The summed E-state index contributed by atoms with van der Waals surface area (Å²) in [6.07, 6.45) is 0. The Bertz CT molecular complexity index is 242. The molecule has 1 unspecified atom stereocenters. The monoisotopic (exact) mass is 245 g/mol. The van der Waals surface area contributed by atoms with Gasteiger partial charge < -0.3 is 0 Å². The molecule has 0 aromatic rings. The van der Waals surface area contributed by atoms with Crippen LogP contribution in [0.3, 0.4) is 0 Å². The Labute approximate surface area is 91.6 Å². The van der Waals surface area contributed by atoms with E-state index >= 15 is 0 Å². The van der Waals surface area contributed by atoms with Crippen molar-refractivity contribution in [2.24, 2.45) is 5.92 Å². The molecule has 0 N–H and O–H groups in total. The van der Waals surface area contributed by atoms with Gasteiger partial charge in [-0.05, 0) is 12.8 Å². The summed E-state index contributed by atoms with van der Waals surface area (Å²) in [5.41, 5.74) is -3.19. The third-order valence-electron chi connectivity index (χ3n) is 2.68. The summed E-state index contributed by atoms with van der Waals surface area (Å²) in [5, 5.41) is 0. The number of rotatable bonds is 2. The van der Waals surface area contributed by atoms with Gasteiger partial charge in [-0.15, -0.1) is 0 Å². The largest absolute Gasteiger partial charge is 0.345 e. The van der Waals surface area contributed by atoms with Crippen molar-refractivity contribution in [3.63, 3.8) is 0 Å². The van der Waals surface area contributed by atoms with Crippen LogP contribution in [0.1, 0.15) is 20.8 Å². The van der Waals surface area contributed by atoms with Gasteiger partial charge >= 0.3 is 11.8 Å². The van der Waals surface area contributed by atoms with E-state index in [4.69, 9.17) is 0 Å². The van der Waals surface area contributed by atoms with Crippen LogP contribution in [-0.2, 0) is 0 Å². The number of likely N-dealkylation sites (tertiary alicyclic amines) is 1. The van der Waals surface area contributed by atoms with Crippen molar-refractivity contribution in [1.29, 1.82) is 0 Å². The van der Waals surface area contributed by atoms with E-state index in [0.717, 1.165) is 4.90 Å². The van der Waals surface area contributed by atoms with Gasteiger partial charge in [-0.1, -0.05) is 13.8 Å². The molecule has 0 saturated carbocycles. The molecular weight excluding hydrogens is 229 g/mol. The van der Waals surface area contributed by atoms with E-state index in [1.54, 1.807) is 13.8 Å². The van der Waals surface area contributed by atoms with Gasteiger partial charge in [0.25, 0.3) is 0 Å². The fourth-order valence-corrected chi connectivity index (χ4v) is 1.98. The van der Waals surface area contributed by atoms with Crippen molar-refractivity contribution in [2.45, 2.75) is 38.3 Å². The van der Waals surface area contributed by atoms with Crippen LogP contribution in [0.5, 0.6) is 0 Å². The van der Waals surface area contributed by atoms with Crippen LogP contribution < -0.4 is 0 Å². The molecule has 1 atom stereocenters. The third kappa shape index (κ3) is 2.17. The quantitative estimate of drug-likeness (QED) is 0.676. The summed E-state index contributed by atoms with van der Waals surface area (Å²) < 4.78 is 66.1. The van der Waals surface area contributed by atoms with Gasteiger partial charge in [0.1, 0.15) is 0 Å². The highest BCUT2D eigenvalue weighted by Gasteiger charge is 2.71. The van der Waals surface area contributed by atoms with Gasteiger partial charge in [0.15, 0.2) is 5.67 Å². The average Bonchev–Trinajstić information content (AvgIpc) is 1.97. The third-order valence-corrected chi connectivity index (χ3v) is 2.68. The Balaban J connectivity index is 2.90. The summed E-state index contributed by atoms with van der Waals surface area (Å²) in [5.74, 6) is -8.89. The fourth-order valence-electron chi connectivity index (χ4n) is 1.98. The lowest BCUT2D eigenvalue weighted by atomic mass is 9.89. The van der Waals surface area contributed by atoms with Crippen LogP contribution in [0.25, 0.3) is 0 Å². The van der Waals surface area contributed by atoms with Crippen LogP contribution in [0.4, 0.5) is 22.0 Å². The molecule has 6 heteroatoms. The van der Waals surface area contributed by atoms with Gasteiger partial charge in [0.2, 0.25) is 0 Å². The second kappa shape index (κ2) is 3.82. The second-order valence-electron chi connectivity index (χ2n) is 5.04. The lowest BCUT2D eigenvalue weighted by molar-refractivity contribution is -0.299. The van der Waals surface area contributed by atoms with Gasteiger partial charge in [-0.2, -0.15) is 17.6 Å². The summed E-state index contributed by atoms with van der Waals surface area (Å²) in [6.45, 7) is 2.50. The predicted octanol–water partition coefficient (Wildman–Crippen LogP) is 2.96. The molecule has 0 aromatic carbocycles. The van der Waals surface area contributed by atoms with E-state index in [1.807, 2.05) is 0 Å². The molecule has 0 radical (unpaired) electrons. The topological polar surface area (TPSA) is 3.24 Å². The van der Waals surface area contributed by atoms with E-state index < -0.39 is 30.6 Å². The minimum absolute atomic E-state index is 0.0262. The molecule has 1 rings (SSSR count). The first-order valence-electron chi connectivity index (χ1n) is 5.16. The number of nitrogens with zero attached hydrogens (tertiary/aromatic N) is 1. The maximum atomic E-state index is 13.6. The van der Waals surface area contributed by atoms with Crippen LogP contribution in [0.2, 0.25) is 0 Å². The maximum Gasteiger partial charge on any atom is 0.345 e. The number of hydrogen-bond acceptors (Lipinski definition) is 1. The zero-order valence-corrected chi connectivity index (χ0v) is 9.54. The van der Waals surface area contributed by atoms with Crippen molar-refractivity contribution >= 4 is 0 Å². The zero-order chi connectivity index (χ0) is 12.8. The average molecular weight is 245 g/mol. The van der Waals surface area contributed by atoms with Crippen molar-refractivity contribution in [2.75, 3.05) is 19.6 Å². The van der Waals surface area contributed by atoms with Crippen molar-refractivity contribution in [1.82, 2.24) is 4.90 Å². The summed E-state index contributed by atoms with van der Waals surface area (Å²) in [4.78, 5) is 1.06. The highest BCUT2D eigenvalue weighted by molar-refractivity contribution is 5.06. The standard InChI is InChI=1S/C10H16F5N/c1-7(2)4-16-5-8(3,11)10(14,15)9(12,13)6-16/h7H,4-6H2,1-3H3. The number of hydrogen-bond donors (Lipinski definition) is 0. The molecular formula is C10H16F5N. The summed E-state index contributed by atoms with van der Waals surface area (Å²) in [6, 6.07) is 0. The molecule has 1 aliphatic heterocycles. The number of piperidine rings is 1. The van der Waals surface area contributed by atoms with Crippen molar-refractivity contribution in [3.8, 4) is 0 Å².